The molecule has 0 heterocycles. The normalized spacial score (nSPS) is 10.8. The predicted octanol–water partition coefficient (Wildman–Crippen LogP) is 3.68. The molecule has 12 heavy (non-hydrogen) atoms. The standard InChI is InChI=1S/C10H10Cl2/c11-8-2-1-3-9-4-6-10(12)7-5-9/h1-2,4-7H,3,8H2/b2-1+. The quantitative estimate of drug-likeness (QED) is 0.516. The van der Waals surface area contributed by atoms with E-state index in [2.05, 4.69) is 6.08 Å². The van der Waals surface area contributed by atoms with Crippen LogP contribution in [0, 0.1) is 0 Å². The minimum Gasteiger partial charge on any atom is -0.122 e. The Bertz CT molecular complexity index is 249. The molecule has 0 aliphatic rings. The fourth-order valence-electron chi connectivity index (χ4n) is 0.903. The van der Waals surface area contributed by atoms with Crippen LogP contribution < -0.4 is 0 Å². The zero-order valence-corrected chi connectivity index (χ0v) is 8.15. The Labute approximate surface area is 82.8 Å². The molecule has 0 aliphatic heterocycles. The highest BCUT2D eigenvalue weighted by Crippen LogP contribution is 2.09. The highest BCUT2D eigenvalue weighted by atomic mass is 35.5. The number of allylic oxidation sites excluding steroid dienone is 2. The van der Waals surface area contributed by atoms with E-state index in [1.807, 2.05) is 30.3 Å². The number of alkyl halides is 1. The molecule has 0 fully saturated rings. The first-order valence-electron chi connectivity index (χ1n) is 3.78. The fourth-order valence-corrected chi connectivity index (χ4v) is 1.15. The highest BCUT2D eigenvalue weighted by molar-refractivity contribution is 6.30. The molecule has 0 aromatic heterocycles. The number of halogens is 2. The van der Waals surface area contributed by atoms with Crippen LogP contribution in [0.1, 0.15) is 5.56 Å². The van der Waals surface area contributed by atoms with Crippen LogP contribution in [-0.2, 0) is 6.42 Å². The SMILES string of the molecule is ClC/C=C/Cc1ccc(Cl)cc1. The van der Waals surface area contributed by atoms with Crippen LogP contribution in [0.4, 0.5) is 0 Å². The molecule has 0 nitrogen and oxygen atoms in total. The molecule has 0 saturated heterocycles. The van der Waals surface area contributed by atoms with E-state index in [0.29, 0.717) is 5.88 Å². The summed E-state index contributed by atoms with van der Waals surface area (Å²) in [6.45, 7) is 0. The lowest BCUT2D eigenvalue weighted by molar-refractivity contribution is 1.26. The van der Waals surface area contributed by atoms with Crippen LogP contribution in [0.15, 0.2) is 36.4 Å². The Morgan fingerprint density at radius 2 is 1.75 bits per heavy atom. The third kappa shape index (κ3) is 3.29. The van der Waals surface area contributed by atoms with Crippen molar-refractivity contribution in [1.29, 1.82) is 0 Å². The van der Waals surface area contributed by atoms with E-state index in [1.165, 1.54) is 5.56 Å². The van der Waals surface area contributed by atoms with Gasteiger partial charge in [0.15, 0.2) is 0 Å². The average molecular weight is 201 g/mol. The summed E-state index contributed by atoms with van der Waals surface area (Å²) < 4.78 is 0. The van der Waals surface area contributed by atoms with Crippen LogP contribution in [0.2, 0.25) is 5.02 Å². The van der Waals surface area contributed by atoms with Crippen molar-refractivity contribution in [2.45, 2.75) is 6.42 Å². The third-order valence-corrected chi connectivity index (χ3v) is 1.95. The molecular weight excluding hydrogens is 191 g/mol. The van der Waals surface area contributed by atoms with Crippen molar-refractivity contribution < 1.29 is 0 Å². The molecule has 0 amide bonds. The summed E-state index contributed by atoms with van der Waals surface area (Å²) in [6, 6.07) is 7.82. The Hall–Kier alpha value is -0.460. The maximum absolute atomic E-state index is 5.73. The topological polar surface area (TPSA) is 0 Å². The molecule has 1 aromatic rings. The number of hydrogen-bond acceptors (Lipinski definition) is 0. The van der Waals surface area contributed by atoms with E-state index in [1.54, 1.807) is 0 Å². The first kappa shape index (κ1) is 9.63. The molecule has 0 aliphatic carbocycles. The van der Waals surface area contributed by atoms with Crippen molar-refractivity contribution in [1.82, 2.24) is 0 Å². The van der Waals surface area contributed by atoms with Crippen molar-refractivity contribution >= 4 is 23.2 Å². The minimum atomic E-state index is 0.577. The third-order valence-electron chi connectivity index (χ3n) is 1.52. The lowest BCUT2D eigenvalue weighted by Crippen LogP contribution is -1.79. The van der Waals surface area contributed by atoms with Crippen LogP contribution in [0.3, 0.4) is 0 Å². The van der Waals surface area contributed by atoms with Gasteiger partial charge in [-0.1, -0.05) is 35.9 Å². The van der Waals surface area contributed by atoms with Crippen molar-refractivity contribution in [2.24, 2.45) is 0 Å². The first-order chi connectivity index (χ1) is 5.83. The Balaban J connectivity index is 2.53. The van der Waals surface area contributed by atoms with E-state index in [4.69, 9.17) is 23.2 Å². The lowest BCUT2D eigenvalue weighted by atomic mass is 10.1. The Morgan fingerprint density at radius 1 is 1.08 bits per heavy atom. The van der Waals surface area contributed by atoms with E-state index in [9.17, 15) is 0 Å². The minimum absolute atomic E-state index is 0.577. The first-order valence-corrected chi connectivity index (χ1v) is 4.69. The predicted molar refractivity (Wildman–Crippen MR) is 55.0 cm³/mol. The summed E-state index contributed by atoms with van der Waals surface area (Å²) in [5.74, 6) is 0.577. The Kier molecular flexibility index (Phi) is 4.20. The highest BCUT2D eigenvalue weighted by Gasteiger charge is 1.88. The monoisotopic (exact) mass is 200 g/mol. The summed E-state index contributed by atoms with van der Waals surface area (Å²) >= 11 is 11.2. The zero-order valence-electron chi connectivity index (χ0n) is 6.63. The summed E-state index contributed by atoms with van der Waals surface area (Å²) in [5.41, 5.74) is 1.25. The van der Waals surface area contributed by atoms with Crippen molar-refractivity contribution in [3.8, 4) is 0 Å². The van der Waals surface area contributed by atoms with Gasteiger partial charge < -0.3 is 0 Å². The van der Waals surface area contributed by atoms with Crippen LogP contribution in [0.5, 0.6) is 0 Å². The van der Waals surface area contributed by atoms with Gasteiger partial charge in [0.05, 0.1) is 0 Å². The van der Waals surface area contributed by atoms with E-state index < -0.39 is 0 Å². The maximum Gasteiger partial charge on any atom is 0.0406 e. The van der Waals surface area contributed by atoms with E-state index >= 15 is 0 Å². The summed E-state index contributed by atoms with van der Waals surface area (Å²) in [5, 5.41) is 0.778. The molecular formula is C10H10Cl2. The van der Waals surface area contributed by atoms with Gasteiger partial charge >= 0.3 is 0 Å². The van der Waals surface area contributed by atoms with E-state index in [-0.39, 0.29) is 0 Å². The number of benzene rings is 1. The van der Waals surface area contributed by atoms with Gasteiger partial charge in [-0.15, -0.1) is 11.6 Å². The van der Waals surface area contributed by atoms with Gasteiger partial charge in [-0.3, -0.25) is 0 Å². The maximum atomic E-state index is 5.73. The van der Waals surface area contributed by atoms with Gasteiger partial charge in [-0.25, -0.2) is 0 Å². The largest absolute Gasteiger partial charge is 0.122 e. The second-order valence-corrected chi connectivity index (χ2v) is 3.20. The molecule has 0 atom stereocenters. The Morgan fingerprint density at radius 3 is 2.33 bits per heavy atom. The van der Waals surface area contributed by atoms with Crippen molar-refractivity contribution in [2.75, 3.05) is 5.88 Å². The smallest absolute Gasteiger partial charge is 0.0406 e. The molecule has 64 valence electrons. The lowest BCUT2D eigenvalue weighted by Gasteiger charge is -1.95. The molecule has 1 aromatic carbocycles. The second kappa shape index (κ2) is 5.23. The molecule has 2 heteroatoms. The molecule has 0 unspecified atom stereocenters. The summed E-state index contributed by atoms with van der Waals surface area (Å²) in [7, 11) is 0. The molecule has 0 bridgehead atoms. The van der Waals surface area contributed by atoms with Crippen LogP contribution in [-0.4, -0.2) is 5.88 Å². The van der Waals surface area contributed by atoms with Crippen molar-refractivity contribution in [3.63, 3.8) is 0 Å². The van der Waals surface area contributed by atoms with Gasteiger partial charge in [-0.2, -0.15) is 0 Å². The molecule has 1 rings (SSSR count). The summed E-state index contributed by atoms with van der Waals surface area (Å²) in [6.07, 6.45) is 4.91. The summed E-state index contributed by atoms with van der Waals surface area (Å²) in [4.78, 5) is 0. The fraction of sp³-hybridized carbons (Fsp3) is 0.200. The second-order valence-electron chi connectivity index (χ2n) is 2.46. The molecule has 0 spiro atoms. The number of rotatable bonds is 3. The average Bonchev–Trinajstić information content (AvgIpc) is 2.09. The van der Waals surface area contributed by atoms with Gasteiger partial charge in [0.1, 0.15) is 0 Å². The zero-order chi connectivity index (χ0) is 8.81. The van der Waals surface area contributed by atoms with Crippen LogP contribution in [0.25, 0.3) is 0 Å². The van der Waals surface area contributed by atoms with E-state index in [0.717, 1.165) is 11.4 Å². The van der Waals surface area contributed by atoms with Crippen LogP contribution >= 0.6 is 23.2 Å². The van der Waals surface area contributed by atoms with Gasteiger partial charge in [0.25, 0.3) is 0 Å². The number of hydrogen-bond donors (Lipinski definition) is 0. The van der Waals surface area contributed by atoms with Crippen molar-refractivity contribution in [3.05, 3.63) is 47.0 Å². The molecule has 0 saturated carbocycles. The van der Waals surface area contributed by atoms with Gasteiger partial charge in [0.2, 0.25) is 0 Å². The van der Waals surface area contributed by atoms with Gasteiger partial charge in [0, 0.05) is 10.9 Å². The molecule has 0 N–H and O–H groups in total. The molecule has 0 radical (unpaired) electrons. The van der Waals surface area contributed by atoms with Gasteiger partial charge in [-0.05, 0) is 24.1 Å².